The Morgan fingerprint density at radius 2 is 1.19 bits per heavy atom. The van der Waals surface area contributed by atoms with E-state index in [0.29, 0.717) is 6.25 Å². The molecule has 0 saturated heterocycles. The molecule has 0 aromatic carbocycles. The van der Waals surface area contributed by atoms with Gasteiger partial charge < -0.3 is 0 Å². The zero-order chi connectivity index (χ0) is 17.8. The van der Waals surface area contributed by atoms with Gasteiger partial charge in [-0.3, -0.25) is 9.41 Å². The molecule has 0 bridgehead atoms. The molecule has 0 radical (unpaired) electrons. The molecule has 2 aliphatic carbocycles. The van der Waals surface area contributed by atoms with Gasteiger partial charge in [-0.15, -0.1) is 0 Å². The average Bonchev–Trinajstić information content (AvgIpc) is 3.07. The van der Waals surface area contributed by atoms with E-state index < -0.39 is 26.8 Å². The van der Waals surface area contributed by atoms with E-state index in [1.807, 2.05) is 0 Å². The van der Waals surface area contributed by atoms with Crippen molar-refractivity contribution in [3.8, 4) is 0 Å². The van der Waals surface area contributed by atoms with E-state index in [1.165, 1.54) is 38.5 Å². The molecule has 0 amide bonds. The molecule has 0 N–H and O–H groups in total. The third-order valence-corrected chi connectivity index (χ3v) is 29.9. The van der Waals surface area contributed by atoms with Gasteiger partial charge in [-0.25, -0.2) is 0 Å². The van der Waals surface area contributed by atoms with Crippen LogP contribution in [0.25, 0.3) is 0 Å². The van der Waals surface area contributed by atoms with Gasteiger partial charge in [0.05, 0.1) is 0 Å². The Labute approximate surface area is 168 Å². The Balaban J connectivity index is 0.00000312. The summed E-state index contributed by atoms with van der Waals surface area (Å²) in [5.41, 5.74) is 3.24. The van der Waals surface area contributed by atoms with E-state index in [-0.39, 0.29) is 9.41 Å². The molecule has 0 fully saturated rings. The summed E-state index contributed by atoms with van der Waals surface area (Å²) in [6, 6.07) is 0. The van der Waals surface area contributed by atoms with Crippen LogP contribution in [0.5, 0.6) is 0 Å². The van der Waals surface area contributed by atoms with Crippen molar-refractivity contribution in [3.05, 3.63) is 47.6 Å². The number of rotatable bonds is 9. The number of hydrogen-bond donors (Lipinski definition) is 0. The third kappa shape index (κ3) is 5.96. The van der Waals surface area contributed by atoms with Gasteiger partial charge in [-0.1, -0.05) is 0 Å². The van der Waals surface area contributed by atoms with Gasteiger partial charge in [0.1, 0.15) is 0 Å². The van der Waals surface area contributed by atoms with Crippen LogP contribution < -0.4 is 0 Å². The second-order valence-corrected chi connectivity index (χ2v) is 30.0. The smallest absolute Gasteiger partial charge is 0.269 e. The van der Waals surface area contributed by atoms with Crippen molar-refractivity contribution in [1.29, 1.82) is 0 Å². The van der Waals surface area contributed by atoms with Crippen molar-refractivity contribution in [2.45, 2.75) is 85.6 Å². The van der Waals surface area contributed by atoms with Crippen LogP contribution in [0.1, 0.15) is 66.2 Å². The molecule has 0 spiro atoms. The van der Waals surface area contributed by atoms with Crippen LogP contribution in [0.4, 0.5) is 9.41 Å². The average molecular weight is 461 g/mol. The summed E-state index contributed by atoms with van der Waals surface area (Å²) in [5, 5.41) is 0. The quantitative estimate of drug-likeness (QED) is 0.310. The fourth-order valence-corrected chi connectivity index (χ4v) is 33.5. The summed E-state index contributed by atoms with van der Waals surface area (Å²) in [4.78, 5) is 0. The van der Waals surface area contributed by atoms with Crippen molar-refractivity contribution in [1.82, 2.24) is 0 Å². The number of halogens is 2. The topological polar surface area (TPSA) is 0 Å². The van der Waals surface area contributed by atoms with Crippen molar-refractivity contribution < 1.29 is 30.3 Å². The first-order chi connectivity index (χ1) is 11.3. The van der Waals surface area contributed by atoms with Gasteiger partial charge in [0, 0.05) is 0 Å². The zero-order valence-corrected chi connectivity index (χ0v) is 21.2. The van der Waals surface area contributed by atoms with Gasteiger partial charge in [0.15, 0.2) is 0 Å². The minimum absolute atomic E-state index is 0. The summed E-state index contributed by atoms with van der Waals surface area (Å²) in [7, 11) is 0. The summed E-state index contributed by atoms with van der Waals surface area (Å²) in [6.07, 6.45) is 23.4. The fourth-order valence-electron chi connectivity index (χ4n) is 4.76. The minimum atomic E-state index is -1.69. The molecular weight excluding hydrogens is 422 g/mol. The number of allylic oxidation sites excluding steroid dienone is 8. The van der Waals surface area contributed by atoms with Crippen LogP contribution in [-0.4, -0.2) is 5.92 Å². The predicted octanol–water partition coefficient (Wildman–Crippen LogP) is 7.62. The van der Waals surface area contributed by atoms with Gasteiger partial charge in [-0.2, -0.15) is 0 Å². The maximum absolute atomic E-state index is 2.70. The summed E-state index contributed by atoms with van der Waals surface area (Å²) >= 11 is -1.69. The SMILES string of the molecule is CCCCC1=C[C](C)([Zr]([SiH](C)C)[C]2(C)C=CC(CCCC)=C2)C=C1.F.F. The third-order valence-electron chi connectivity index (χ3n) is 5.63. The summed E-state index contributed by atoms with van der Waals surface area (Å²) in [6.45, 7) is 15.0. The Hall–Kier alpha value is -0.0800. The molecule has 0 saturated carbocycles. The van der Waals surface area contributed by atoms with E-state index in [9.17, 15) is 0 Å². The molecule has 4 heteroatoms. The molecule has 0 heterocycles. The van der Waals surface area contributed by atoms with Gasteiger partial charge in [0.2, 0.25) is 0 Å². The van der Waals surface area contributed by atoms with Crippen LogP contribution in [0.2, 0.25) is 19.3 Å². The van der Waals surface area contributed by atoms with Crippen LogP contribution in [0, 0.1) is 0 Å². The van der Waals surface area contributed by atoms with E-state index in [4.69, 9.17) is 0 Å². The Morgan fingerprint density at radius 1 is 0.808 bits per heavy atom. The standard InChI is InChI=1S/2C10H15.C2H7Si.2FH.Zr/c2*1-3-4-5-10-7-6-9(2)8-10;1-3-2;;;/h2*6-8H,3-5H2,1-2H3;3H,1-2H3;2*1H;. The van der Waals surface area contributed by atoms with Gasteiger partial charge in [-0.05, 0) is 0 Å². The second kappa shape index (κ2) is 11.1. The fraction of sp³-hybridized carbons (Fsp3) is 0.636. The first kappa shape index (κ1) is 25.9. The van der Waals surface area contributed by atoms with E-state index in [2.05, 4.69) is 77.2 Å². The monoisotopic (exact) mass is 459 g/mol. The van der Waals surface area contributed by atoms with Crippen LogP contribution >= 0.6 is 0 Å². The molecule has 2 aliphatic rings. The molecule has 0 aliphatic heterocycles. The van der Waals surface area contributed by atoms with Gasteiger partial charge in [0.25, 0.3) is 0 Å². The van der Waals surface area contributed by atoms with Crippen molar-refractivity contribution >= 4 is 5.92 Å². The Bertz CT molecular complexity index is 518. The van der Waals surface area contributed by atoms with Crippen LogP contribution in [0.3, 0.4) is 0 Å². The molecule has 26 heavy (non-hydrogen) atoms. The maximum Gasteiger partial charge on any atom is -0.269 e. The Morgan fingerprint density at radius 3 is 1.50 bits per heavy atom. The van der Waals surface area contributed by atoms with Crippen LogP contribution in [-0.2, 0) is 20.9 Å². The molecule has 149 valence electrons. The molecule has 0 aromatic heterocycles. The van der Waals surface area contributed by atoms with E-state index in [1.54, 1.807) is 11.1 Å². The van der Waals surface area contributed by atoms with Crippen molar-refractivity contribution in [2.75, 3.05) is 0 Å². The molecule has 0 nitrogen and oxygen atoms in total. The van der Waals surface area contributed by atoms with E-state index >= 15 is 0 Å². The maximum atomic E-state index is 2.70. The van der Waals surface area contributed by atoms with Crippen molar-refractivity contribution in [3.63, 3.8) is 0 Å². The number of unbranched alkanes of at least 4 members (excludes halogenated alkanes) is 2. The van der Waals surface area contributed by atoms with E-state index in [0.717, 1.165) is 0 Å². The summed E-state index contributed by atoms with van der Waals surface area (Å²) in [5.74, 6) is -0.630. The molecule has 2 atom stereocenters. The Kier molecular flexibility index (Phi) is 11.0. The van der Waals surface area contributed by atoms with Gasteiger partial charge >= 0.3 is 160 Å². The molecule has 2 rings (SSSR count). The number of hydrogen-bond acceptors (Lipinski definition) is 0. The minimum Gasteiger partial charge on any atom is -0.269 e. The zero-order valence-electron chi connectivity index (χ0n) is 17.6. The first-order valence-electron chi connectivity index (χ1n) is 10.0. The largest absolute Gasteiger partial charge is 0.269 e. The van der Waals surface area contributed by atoms with Crippen molar-refractivity contribution in [2.24, 2.45) is 0 Å². The molecule has 2 unspecified atom stereocenters. The molecular formula is C22H39F2SiZr. The van der Waals surface area contributed by atoms with Crippen LogP contribution in [0.15, 0.2) is 47.6 Å². The second-order valence-electron chi connectivity index (χ2n) is 8.45. The summed E-state index contributed by atoms with van der Waals surface area (Å²) < 4.78 is 0.864. The molecule has 0 aromatic rings. The predicted molar refractivity (Wildman–Crippen MR) is 114 cm³/mol. The first-order valence-corrected chi connectivity index (χ1v) is 19.6. The normalized spacial score (nSPS) is 26.4.